The molecule has 0 unspecified atom stereocenters. The third-order valence-electron chi connectivity index (χ3n) is 5.50. The Morgan fingerprint density at radius 3 is 2.64 bits per heavy atom. The number of anilines is 1. The fourth-order valence-corrected chi connectivity index (χ4v) is 3.98. The van der Waals surface area contributed by atoms with Crippen LogP contribution >= 0.6 is 0 Å². The largest absolute Gasteiger partial charge is 0.495 e. The lowest BCUT2D eigenvalue weighted by atomic mass is 9.94. The molecule has 0 bridgehead atoms. The smallest absolute Gasteiger partial charge is 0.141 e. The van der Waals surface area contributed by atoms with E-state index >= 15 is 0 Å². The van der Waals surface area contributed by atoms with Crippen LogP contribution in [0, 0.1) is 0 Å². The van der Waals surface area contributed by atoms with E-state index in [0.29, 0.717) is 0 Å². The van der Waals surface area contributed by atoms with Crippen molar-refractivity contribution >= 4 is 22.0 Å². The molecular formula is C25H28N2O. The number of nitrogens with zero attached hydrogens (tertiary/aromatic N) is 1. The van der Waals surface area contributed by atoms with Gasteiger partial charge in [-0.15, -0.1) is 0 Å². The first-order valence-corrected chi connectivity index (χ1v) is 10.1. The molecule has 3 heteroatoms. The molecule has 0 aromatic heterocycles. The number of rotatable bonds is 7. The van der Waals surface area contributed by atoms with Crippen LogP contribution in [0.15, 0.2) is 72.8 Å². The molecule has 0 saturated carbocycles. The lowest BCUT2D eigenvalue weighted by Gasteiger charge is -2.27. The average Bonchev–Trinajstić information content (AvgIpc) is 2.77. The van der Waals surface area contributed by atoms with Crippen molar-refractivity contribution in [2.24, 2.45) is 0 Å². The number of fused-ring (bicyclic) bond motifs is 1. The third-order valence-corrected chi connectivity index (χ3v) is 5.50. The summed E-state index contributed by atoms with van der Waals surface area (Å²) in [5.41, 5.74) is 3.96. The summed E-state index contributed by atoms with van der Waals surface area (Å²) in [5.74, 6) is 0.906. The molecule has 4 rings (SSSR count). The lowest BCUT2D eigenvalue weighted by Crippen LogP contribution is -2.30. The first-order chi connectivity index (χ1) is 13.8. The minimum atomic E-state index is 0.906. The Morgan fingerprint density at radius 2 is 1.79 bits per heavy atom. The van der Waals surface area contributed by atoms with Crippen molar-refractivity contribution in [2.75, 3.05) is 38.6 Å². The first kappa shape index (κ1) is 18.6. The van der Waals surface area contributed by atoms with Gasteiger partial charge in [0.05, 0.1) is 12.8 Å². The molecular weight excluding hydrogens is 344 g/mol. The fourth-order valence-electron chi connectivity index (χ4n) is 3.98. The molecule has 3 aromatic carbocycles. The van der Waals surface area contributed by atoms with Crippen molar-refractivity contribution in [3.63, 3.8) is 0 Å². The summed E-state index contributed by atoms with van der Waals surface area (Å²) in [4.78, 5) is 2.54. The molecule has 0 radical (unpaired) electrons. The van der Waals surface area contributed by atoms with Gasteiger partial charge in [-0.3, -0.25) is 4.90 Å². The molecule has 0 amide bonds. The molecule has 0 spiro atoms. The quantitative estimate of drug-likeness (QED) is 0.559. The van der Waals surface area contributed by atoms with Gasteiger partial charge in [0, 0.05) is 26.2 Å². The maximum atomic E-state index is 5.40. The maximum Gasteiger partial charge on any atom is 0.141 e. The van der Waals surface area contributed by atoms with Crippen LogP contribution in [-0.4, -0.2) is 38.2 Å². The van der Waals surface area contributed by atoms with E-state index in [4.69, 9.17) is 4.74 Å². The van der Waals surface area contributed by atoms with Gasteiger partial charge < -0.3 is 10.1 Å². The van der Waals surface area contributed by atoms with Crippen LogP contribution in [-0.2, 0) is 0 Å². The molecule has 3 aromatic rings. The highest BCUT2D eigenvalue weighted by Gasteiger charge is 2.14. The van der Waals surface area contributed by atoms with Crippen LogP contribution in [0.4, 0.5) is 5.69 Å². The van der Waals surface area contributed by atoms with Crippen molar-refractivity contribution in [3.05, 3.63) is 78.4 Å². The predicted molar refractivity (Wildman–Crippen MR) is 119 cm³/mol. The van der Waals surface area contributed by atoms with Crippen molar-refractivity contribution in [1.29, 1.82) is 0 Å². The molecule has 1 aliphatic rings. The Labute approximate surface area is 167 Å². The van der Waals surface area contributed by atoms with Crippen LogP contribution in [0.25, 0.3) is 16.3 Å². The van der Waals surface area contributed by atoms with E-state index in [9.17, 15) is 0 Å². The summed E-state index contributed by atoms with van der Waals surface area (Å²) in [7, 11) is 1.72. The van der Waals surface area contributed by atoms with E-state index in [2.05, 4.69) is 64.8 Å². The Kier molecular flexibility index (Phi) is 5.93. The second-order valence-electron chi connectivity index (χ2n) is 7.29. The second-order valence-corrected chi connectivity index (χ2v) is 7.29. The van der Waals surface area contributed by atoms with E-state index in [-0.39, 0.29) is 0 Å². The molecule has 0 saturated heterocycles. The highest BCUT2D eigenvalue weighted by Crippen LogP contribution is 2.29. The van der Waals surface area contributed by atoms with Crippen LogP contribution in [0.3, 0.4) is 0 Å². The number of hydrogen-bond donors (Lipinski definition) is 1. The highest BCUT2D eigenvalue weighted by molar-refractivity contribution is 5.94. The van der Waals surface area contributed by atoms with E-state index in [0.717, 1.165) is 50.5 Å². The van der Waals surface area contributed by atoms with Crippen LogP contribution in [0.1, 0.15) is 18.4 Å². The fraction of sp³-hybridized carbons (Fsp3) is 0.280. The van der Waals surface area contributed by atoms with Crippen molar-refractivity contribution < 1.29 is 4.74 Å². The van der Waals surface area contributed by atoms with E-state index in [1.807, 2.05) is 18.2 Å². The number of para-hydroxylation sites is 2. The van der Waals surface area contributed by atoms with Gasteiger partial charge in [-0.2, -0.15) is 0 Å². The van der Waals surface area contributed by atoms with Gasteiger partial charge in [-0.1, -0.05) is 60.7 Å². The summed E-state index contributed by atoms with van der Waals surface area (Å²) in [6, 6.07) is 23.4. The number of nitrogens with one attached hydrogen (secondary N) is 1. The maximum absolute atomic E-state index is 5.40. The number of benzene rings is 3. The van der Waals surface area contributed by atoms with Gasteiger partial charge in [0.2, 0.25) is 0 Å². The zero-order valence-corrected chi connectivity index (χ0v) is 16.5. The zero-order chi connectivity index (χ0) is 19.2. The van der Waals surface area contributed by atoms with Gasteiger partial charge in [0.1, 0.15) is 5.75 Å². The summed E-state index contributed by atoms with van der Waals surface area (Å²) >= 11 is 0. The average molecular weight is 373 g/mol. The van der Waals surface area contributed by atoms with E-state index in [1.165, 1.54) is 21.9 Å². The molecule has 144 valence electrons. The molecule has 3 nitrogen and oxygen atoms in total. The van der Waals surface area contributed by atoms with Crippen LogP contribution < -0.4 is 10.1 Å². The number of ether oxygens (including phenoxy) is 1. The summed E-state index contributed by atoms with van der Waals surface area (Å²) < 4.78 is 5.40. The summed E-state index contributed by atoms with van der Waals surface area (Å²) in [6.07, 6.45) is 4.66. The predicted octanol–water partition coefficient (Wildman–Crippen LogP) is 5.44. The van der Waals surface area contributed by atoms with Crippen LogP contribution in [0.5, 0.6) is 5.75 Å². The van der Waals surface area contributed by atoms with E-state index < -0.39 is 0 Å². The summed E-state index contributed by atoms with van der Waals surface area (Å²) in [6.45, 7) is 4.23. The highest BCUT2D eigenvalue weighted by atomic mass is 16.5. The van der Waals surface area contributed by atoms with Crippen molar-refractivity contribution in [3.8, 4) is 5.75 Å². The minimum Gasteiger partial charge on any atom is -0.495 e. The Bertz CT molecular complexity index is 958. The standard InChI is InChI=1S/C25H28N2O/c1-28-25-13-5-4-12-24(25)26-16-7-17-27-18-14-21(15-19-27)23-11-6-9-20-8-2-3-10-22(20)23/h2-6,8-14,26H,7,15-19H2,1H3. The zero-order valence-electron chi connectivity index (χ0n) is 16.5. The molecule has 28 heavy (non-hydrogen) atoms. The number of methoxy groups -OCH3 is 1. The first-order valence-electron chi connectivity index (χ1n) is 10.1. The van der Waals surface area contributed by atoms with E-state index in [1.54, 1.807) is 7.11 Å². The van der Waals surface area contributed by atoms with Crippen LogP contribution in [0.2, 0.25) is 0 Å². The van der Waals surface area contributed by atoms with Gasteiger partial charge in [-0.05, 0) is 46.9 Å². The number of hydrogen-bond acceptors (Lipinski definition) is 3. The summed E-state index contributed by atoms with van der Waals surface area (Å²) in [5, 5.41) is 6.18. The Balaban J connectivity index is 1.31. The topological polar surface area (TPSA) is 24.5 Å². The molecule has 0 atom stereocenters. The molecule has 0 fully saturated rings. The van der Waals surface area contributed by atoms with Gasteiger partial charge in [0.15, 0.2) is 0 Å². The monoisotopic (exact) mass is 372 g/mol. The van der Waals surface area contributed by atoms with Gasteiger partial charge in [0.25, 0.3) is 0 Å². The van der Waals surface area contributed by atoms with Crippen molar-refractivity contribution in [2.45, 2.75) is 12.8 Å². The Morgan fingerprint density at radius 1 is 0.964 bits per heavy atom. The minimum absolute atomic E-state index is 0.906. The molecule has 1 N–H and O–H groups in total. The SMILES string of the molecule is COc1ccccc1NCCCN1CC=C(c2cccc3ccccc23)CC1. The second kappa shape index (κ2) is 8.94. The normalized spacial score (nSPS) is 14.7. The molecule has 1 heterocycles. The van der Waals surface area contributed by atoms with Gasteiger partial charge >= 0.3 is 0 Å². The Hall–Kier alpha value is -2.78. The molecule has 1 aliphatic heterocycles. The van der Waals surface area contributed by atoms with Crippen molar-refractivity contribution in [1.82, 2.24) is 4.90 Å². The molecule has 0 aliphatic carbocycles. The third kappa shape index (κ3) is 4.20. The van der Waals surface area contributed by atoms with Gasteiger partial charge in [-0.25, -0.2) is 0 Å². The lowest BCUT2D eigenvalue weighted by molar-refractivity contribution is 0.301.